The van der Waals surface area contributed by atoms with E-state index in [0.717, 1.165) is 5.56 Å². The van der Waals surface area contributed by atoms with Gasteiger partial charge in [0.05, 0.1) is 5.97 Å². The summed E-state index contributed by atoms with van der Waals surface area (Å²) >= 11 is 5.96. The number of benzene rings is 2. The first-order valence-electron chi connectivity index (χ1n) is 7.55. The maximum Gasteiger partial charge on any atom is 1.00 e. The zero-order valence-corrected chi connectivity index (χ0v) is 17.3. The summed E-state index contributed by atoms with van der Waals surface area (Å²) in [6.45, 7) is 5.71. The van der Waals surface area contributed by atoms with Gasteiger partial charge < -0.3 is 14.6 Å². The van der Waals surface area contributed by atoms with Gasteiger partial charge >= 0.3 is 29.6 Å². The molecule has 0 spiro atoms. The number of hydrogen-bond acceptors (Lipinski definition) is 3. The van der Waals surface area contributed by atoms with Gasteiger partial charge in [-0.3, -0.25) is 0 Å². The molecule has 122 valence electrons. The molecule has 24 heavy (non-hydrogen) atoms. The number of carbonyl (C=O) groups excluding carboxylic acids is 1. The van der Waals surface area contributed by atoms with Crippen LogP contribution in [-0.2, 0) is 11.2 Å². The molecule has 0 N–H and O–H groups in total. The van der Waals surface area contributed by atoms with Gasteiger partial charge in [0.2, 0.25) is 0 Å². The van der Waals surface area contributed by atoms with Gasteiger partial charge in [0, 0.05) is 11.4 Å². The molecule has 0 saturated heterocycles. The van der Waals surface area contributed by atoms with Crippen molar-refractivity contribution in [2.75, 3.05) is 0 Å². The third kappa shape index (κ3) is 5.52. The van der Waals surface area contributed by atoms with Crippen molar-refractivity contribution in [1.29, 1.82) is 0 Å². The summed E-state index contributed by atoms with van der Waals surface area (Å²) in [7, 11) is 0. The Morgan fingerprint density at radius 1 is 1.21 bits per heavy atom. The molecule has 0 aromatic heterocycles. The Morgan fingerprint density at radius 3 is 2.33 bits per heavy atom. The molecular formula is C19H20ClNaO3. The van der Waals surface area contributed by atoms with Gasteiger partial charge in [-0.15, -0.1) is 0 Å². The third-order valence-corrected chi connectivity index (χ3v) is 3.99. The number of halogens is 1. The summed E-state index contributed by atoms with van der Waals surface area (Å²) in [5, 5.41) is 12.2. The Bertz CT molecular complexity index is 685. The van der Waals surface area contributed by atoms with Crippen LogP contribution >= 0.6 is 11.6 Å². The smallest absolute Gasteiger partial charge is 0.546 e. The molecule has 3 nitrogen and oxygen atoms in total. The van der Waals surface area contributed by atoms with Crippen molar-refractivity contribution in [2.45, 2.75) is 38.7 Å². The van der Waals surface area contributed by atoms with Crippen LogP contribution in [0.25, 0.3) is 0 Å². The van der Waals surface area contributed by atoms with Crippen LogP contribution in [0.3, 0.4) is 0 Å². The Hall–Kier alpha value is -1.000. The molecule has 0 aliphatic rings. The molecule has 0 bridgehead atoms. The minimum Gasteiger partial charge on any atom is -0.546 e. The van der Waals surface area contributed by atoms with Gasteiger partial charge in [-0.05, 0) is 48.2 Å². The maximum atomic E-state index is 11.6. The second-order valence-corrected chi connectivity index (χ2v) is 6.59. The molecule has 2 rings (SSSR count). The van der Waals surface area contributed by atoms with E-state index in [1.165, 1.54) is 12.5 Å². The normalized spacial score (nSPS) is 13.0. The number of ether oxygens (including phenoxy) is 1. The predicted molar refractivity (Wildman–Crippen MR) is 89.7 cm³/mol. The molecule has 0 saturated carbocycles. The molecule has 5 heteroatoms. The van der Waals surface area contributed by atoms with E-state index in [-0.39, 0.29) is 36.0 Å². The van der Waals surface area contributed by atoms with Gasteiger partial charge in [0.1, 0.15) is 11.4 Å². The fraction of sp³-hybridized carbons (Fsp3) is 0.316. The van der Waals surface area contributed by atoms with Crippen LogP contribution in [0.1, 0.15) is 37.8 Å². The molecule has 2 aromatic carbocycles. The SMILES string of the molecule is CC(C)c1ccc(OC(C)(Cc2cccc(Cl)c2)C(=O)[O-])cc1.[Na+]. The van der Waals surface area contributed by atoms with Crippen molar-refractivity contribution in [2.24, 2.45) is 0 Å². The number of carbonyl (C=O) groups is 1. The Labute approximate surface area is 170 Å². The van der Waals surface area contributed by atoms with E-state index in [2.05, 4.69) is 13.8 Å². The van der Waals surface area contributed by atoms with E-state index in [1.54, 1.807) is 30.3 Å². The van der Waals surface area contributed by atoms with E-state index >= 15 is 0 Å². The van der Waals surface area contributed by atoms with Crippen LogP contribution in [0.4, 0.5) is 0 Å². The number of carboxylic acid groups (broad SMARTS) is 1. The first-order chi connectivity index (χ1) is 10.8. The number of carboxylic acids is 1. The van der Waals surface area contributed by atoms with Crippen molar-refractivity contribution in [1.82, 2.24) is 0 Å². The molecule has 1 unspecified atom stereocenters. The van der Waals surface area contributed by atoms with Gasteiger partial charge in [-0.2, -0.15) is 0 Å². The second-order valence-electron chi connectivity index (χ2n) is 6.15. The van der Waals surface area contributed by atoms with Crippen LogP contribution in [0.5, 0.6) is 5.75 Å². The fourth-order valence-corrected chi connectivity index (χ4v) is 2.58. The van der Waals surface area contributed by atoms with Crippen molar-refractivity contribution in [3.8, 4) is 5.75 Å². The fourth-order valence-electron chi connectivity index (χ4n) is 2.37. The molecule has 1 atom stereocenters. The number of rotatable bonds is 6. The van der Waals surface area contributed by atoms with Gasteiger partial charge in [-0.1, -0.05) is 49.7 Å². The molecule has 0 heterocycles. The molecule has 0 amide bonds. The monoisotopic (exact) mass is 354 g/mol. The van der Waals surface area contributed by atoms with Crippen molar-refractivity contribution in [3.63, 3.8) is 0 Å². The Kier molecular flexibility index (Phi) is 7.81. The first-order valence-corrected chi connectivity index (χ1v) is 7.93. The summed E-state index contributed by atoms with van der Waals surface area (Å²) in [5.74, 6) is -0.350. The molecule has 0 radical (unpaired) electrons. The van der Waals surface area contributed by atoms with Crippen LogP contribution in [-0.4, -0.2) is 11.6 Å². The molecule has 2 aromatic rings. The van der Waals surface area contributed by atoms with Gasteiger partial charge in [0.15, 0.2) is 0 Å². The van der Waals surface area contributed by atoms with E-state index in [9.17, 15) is 9.90 Å². The molecule has 0 aliphatic heterocycles. The molecule has 0 fully saturated rings. The zero-order chi connectivity index (χ0) is 17.0. The van der Waals surface area contributed by atoms with E-state index < -0.39 is 11.6 Å². The van der Waals surface area contributed by atoms with Crippen LogP contribution in [0, 0.1) is 0 Å². The van der Waals surface area contributed by atoms with E-state index in [0.29, 0.717) is 16.7 Å². The summed E-state index contributed by atoms with van der Waals surface area (Å²) in [6, 6.07) is 14.5. The van der Waals surface area contributed by atoms with E-state index in [4.69, 9.17) is 16.3 Å². The van der Waals surface area contributed by atoms with E-state index in [1.807, 2.05) is 18.2 Å². The summed E-state index contributed by atoms with van der Waals surface area (Å²) in [5.41, 5.74) is 0.481. The average Bonchev–Trinajstić information content (AvgIpc) is 2.47. The molecule has 0 aliphatic carbocycles. The summed E-state index contributed by atoms with van der Waals surface area (Å²) in [6.07, 6.45) is 0.168. The topological polar surface area (TPSA) is 49.4 Å². The standard InChI is InChI=1S/C19H21ClO3.Na/c1-13(2)15-7-9-17(10-8-15)23-19(3,18(21)22)12-14-5-4-6-16(20)11-14;/h4-11,13H,12H2,1-3H3,(H,21,22);/q;+1/p-1. The first kappa shape index (κ1) is 21.0. The van der Waals surface area contributed by atoms with Crippen molar-refractivity contribution in [3.05, 3.63) is 64.7 Å². The third-order valence-electron chi connectivity index (χ3n) is 3.75. The average molecular weight is 355 g/mol. The van der Waals surface area contributed by atoms with Crippen LogP contribution in [0.2, 0.25) is 5.02 Å². The summed E-state index contributed by atoms with van der Waals surface area (Å²) in [4.78, 5) is 11.6. The number of aliphatic carboxylic acids is 1. The van der Waals surface area contributed by atoms with Gasteiger partial charge in [-0.25, -0.2) is 0 Å². The Morgan fingerprint density at radius 2 is 1.83 bits per heavy atom. The predicted octanol–water partition coefficient (Wildman–Crippen LogP) is 0.597. The summed E-state index contributed by atoms with van der Waals surface area (Å²) < 4.78 is 5.74. The second kappa shape index (κ2) is 8.91. The van der Waals surface area contributed by atoms with Crippen LogP contribution < -0.4 is 39.4 Å². The quantitative estimate of drug-likeness (QED) is 0.714. The minimum absolute atomic E-state index is 0. The van der Waals surface area contributed by atoms with Crippen molar-refractivity contribution >= 4 is 17.6 Å². The largest absolute Gasteiger partial charge is 1.00 e. The van der Waals surface area contributed by atoms with Gasteiger partial charge in [0.25, 0.3) is 0 Å². The van der Waals surface area contributed by atoms with Crippen molar-refractivity contribution < 1.29 is 44.2 Å². The molecular weight excluding hydrogens is 335 g/mol. The van der Waals surface area contributed by atoms with Crippen LogP contribution in [0.15, 0.2) is 48.5 Å². The Balaban J connectivity index is 0.00000288. The zero-order valence-electron chi connectivity index (χ0n) is 14.5. The maximum absolute atomic E-state index is 11.6. The number of hydrogen-bond donors (Lipinski definition) is 0. The minimum atomic E-state index is -1.47.